The van der Waals surface area contributed by atoms with E-state index in [-0.39, 0.29) is 24.5 Å². The predicted molar refractivity (Wildman–Crippen MR) is 67.7 cm³/mol. The monoisotopic (exact) mass is 264 g/mol. The number of ether oxygens (including phenoxy) is 1. The largest absolute Gasteiger partial charge is 0.394 e. The normalized spacial score (nSPS) is 33.3. The van der Waals surface area contributed by atoms with E-state index in [1.54, 1.807) is 0 Å². The number of aliphatic hydroxyl groups excluding tert-OH is 1. The first-order valence-electron chi connectivity index (χ1n) is 6.43. The average Bonchev–Trinajstić information content (AvgIpc) is 2.78. The Balaban J connectivity index is 1.98. The summed E-state index contributed by atoms with van der Waals surface area (Å²) in [6.07, 6.45) is 6.62. The van der Waals surface area contributed by atoms with Gasteiger partial charge in [-0.1, -0.05) is 12.2 Å². The molecule has 6 heteroatoms. The van der Waals surface area contributed by atoms with Crippen LogP contribution < -0.4 is 11.2 Å². The van der Waals surface area contributed by atoms with Crippen LogP contribution in [0.3, 0.4) is 0 Å². The van der Waals surface area contributed by atoms with Gasteiger partial charge in [-0.2, -0.15) is 0 Å². The molecule has 1 fully saturated rings. The maximum Gasteiger partial charge on any atom is 0.330 e. The molecule has 2 heterocycles. The number of hydrogen-bond acceptors (Lipinski definition) is 4. The molecule has 1 aromatic heterocycles. The lowest BCUT2D eigenvalue weighted by molar-refractivity contribution is -0.0389. The molecule has 4 atom stereocenters. The van der Waals surface area contributed by atoms with Crippen LogP contribution in [0.2, 0.25) is 0 Å². The van der Waals surface area contributed by atoms with Gasteiger partial charge in [0, 0.05) is 18.2 Å². The number of aliphatic hydroxyl groups is 1. The highest BCUT2D eigenvalue weighted by molar-refractivity contribution is 5.02. The van der Waals surface area contributed by atoms with Gasteiger partial charge in [-0.3, -0.25) is 14.3 Å². The highest BCUT2D eigenvalue weighted by Crippen LogP contribution is 2.44. The number of H-pyrrole nitrogens is 1. The maximum atomic E-state index is 11.8. The highest BCUT2D eigenvalue weighted by atomic mass is 16.5. The predicted octanol–water partition coefficient (Wildman–Crippen LogP) is 0.00870. The van der Waals surface area contributed by atoms with Crippen molar-refractivity contribution in [3.63, 3.8) is 0 Å². The molecule has 1 aliphatic heterocycles. The van der Waals surface area contributed by atoms with Crippen LogP contribution in [0.5, 0.6) is 0 Å². The van der Waals surface area contributed by atoms with E-state index < -0.39 is 17.5 Å². The minimum absolute atomic E-state index is 0.0520. The molecular formula is C13H16N2O4. The number of rotatable bonds is 2. The van der Waals surface area contributed by atoms with Crippen molar-refractivity contribution in [2.45, 2.75) is 25.2 Å². The van der Waals surface area contributed by atoms with E-state index in [9.17, 15) is 14.7 Å². The first-order chi connectivity index (χ1) is 9.20. The molecule has 0 bridgehead atoms. The van der Waals surface area contributed by atoms with Gasteiger partial charge in [0.1, 0.15) is 6.23 Å². The zero-order chi connectivity index (χ0) is 13.4. The summed E-state index contributed by atoms with van der Waals surface area (Å²) < 4.78 is 7.23. The minimum atomic E-state index is -0.468. The number of fused-ring (bicyclic) bond motifs is 1. The quantitative estimate of drug-likeness (QED) is 0.737. The van der Waals surface area contributed by atoms with E-state index in [1.807, 2.05) is 0 Å². The Labute approximate surface area is 109 Å². The second-order valence-corrected chi connectivity index (χ2v) is 5.04. The zero-order valence-electron chi connectivity index (χ0n) is 10.4. The first-order valence-corrected chi connectivity index (χ1v) is 6.43. The van der Waals surface area contributed by atoms with E-state index >= 15 is 0 Å². The van der Waals surface area contributed by atoms with Crippen LogP contribution in [-0.4, -0.2) is 27.4 Å². The van der Waals surface area contributed by atoms with Crippen molar-refractivity contribution in [1.82, 2.24) is 9.55 Å². The fourth-order valence-corrected chi connectivity index (χ4v) is 3.07. The van der Waals surface area contributed by atoms with Crippen LogP contribution in [-0.2, 0) is 4.74 Å². The molecule has 6 nitrogen and oxygen atoms in total. The summed E-state index contributed by atoms with van der Waals surface area (Å²) in [4.78, 5) is 25.2. The van der Waals surface area contributed by atoms with Crippen LogP contribution in [0, 0.1) is 11.8 Å². The molecule has 0 amide bonds. The maximum absolute atomic E-state index is 11.8. The molecule has 1 saturated heterocycles. The van der Waals surface area contributed by atoms with E-state index in [2.05, 4.69) is 17.1 Å². The molecule has 19 heavy (non-hydrogen) atoms. The molecule has 0 saturated carbocycles. The van der Waals surface area contributed by atoms with Crippen LogP contribution in [0.25, 0.3) is 0 Å². The number of allylic oxidation sites excluding steroid dienone is 2. The van der Waals surface area contributed by atoms with E-state index in [1.165, 1.54) is 16.8 Å². The van der Waals surface area contributed by atoms with Gasteiger partial charge >= 0.3 is 5.69 Å². The number of nitrogens with zero attached hydrogens (tertiary/aromatic N) is 1. The second-order valence-electron chi connectivity index (χ2n) is 5.04. The number of aromatic nitrogens is 2. The Hall–Kier alpha value is -1.66. The van der Waals surface area contributed by atoms with E-state index in [0.29, 0.717) is 0 Å². The average molecular weight is 264 g/mol. The van der Waals surface area contributed by atoms with Gasteiger partial charge < -0.3 is 9.84 Å². The lowest BCUT2D eigenvalue weighted by Gasteiger charge is -2.25. The highest BCUT2D eigenvalue weighted by Gasteiger charge is 2.44. The van der Waals surface area contributed by atoms with Crippen molar-refractivity contribution in [3.05, 3.63) is 45.3 Å². The van der Waals surface area contributed by atoms with Crippen molar-refractivity contribution in [3.8, 4) is 0 Å². The number of hydrogen-bond donors (Lipinski definition) is 2. The second kappa shape index (κ2) is 4.79. The summed E-state index contributed by atoms with van der Waals surface area (Å²) in [7, 11) is 0. The number of nitrogens with one attached hydrogen (secondary N) is 1. The Morgan fingerprint density at radius 2 is 2.05 bits per heavy atom. The molecule has 2 N–H and O–H groups in total. The first kappa shape index (κ1) is 12.4. The van der Waals surface area contributed by atoms with Gasteiger partial charge in [-0.15, -0.1) is 0 Å². The van der Waals surface area contributed by atoms with Crippen molar-refractivity contribution in [2.24, 2.45) is 11.8 Å². The summed E-state index contributed by atoms with van der Waals surface area (Å²) in [5.41, 5.74) is -0.887. The molecule has 3 rings (SSSR count). The summed E-state index contributed by atoms with van der Waals surface area (Å²) in [6.45, 7) is -0.0520. The SMILES string of the molecule is O=c1ccn(C2O[C@H](CO)[C@H]3CC=CC[C@@H]23)c(=O)[nH]1. The number of aromatic amines is 1. The third-order valence-corrected chi connectivity index (χ3v) is 4.00. The standard InChI is InChI=1S/C13H16N2O4/c16-7-10-8-3-1-2-4-9(8)12(19-10)15-6-5-11(17)14-13(15)18/h1-2,5-6,8-10,12,16H,3-4,7H2,(H,14,17,18)/t8-,9+,10+,12?/m0/s1. The summed E-state index contributed by atoms with van der Waals surface area (Å²) in [5.74, 6) is 0.379. The Kier molecular flexibility index (Phi) is 3.12. The molecule has 0 radical (unpaired) electrons. The molecule has 1 unspecified atom stereocenters. The van der Waals surface area contributed by atoms with Crippen LogP contribution in [0.15, 0.2) is 34.0 Å². The van der Waals surface area contributed by atoms with E-state index in [4.69, 9.17) is 4.74 Å². The van der Waals surface area contributed by atoms with Gasteiger partial charge in [-0.25, -0.2) is 4.79 Å². The van der Waals surface area contributed by atoms with Gasteiger partial charge in [0.2, 0.25) is 0 Å². The fraction of sp³-hybridized carbons (Fsp3) is 0.538. The zero-order valence-corrected chi connectivity index (χ0v) is 10.4. The van der Waals surface area contributed by atoms with E-state index in [0.717, 1.165) is 12.8 Å². The van der Waals surface area contributed by atoms with Crippen molar-refractivity contribution in [1.29, 1.82) is 0 Å². The summed E-state index contributed by atoms with van der Waals surface area (Å²) >= 11 is 0. The minimum Gasteiger partial charge on any atom is -0.394 e. The van der Waals surface area contributed by atoms with Crippen LogP contribution in [0.1, 0.15) is 19.1 Å². The third kappa shape index (κ3) is 2.06. The Bertz CT molecular complexity index is 603. The lowest BCUT2D eigenvalue weighted by Crippen LogP contribution is -2.34. The van der Waals surface area contributed by atoms with Gasteiger partial charge in [-0.05, 0) is 18.8 Å². The topological polar surface area (TPSA) is 84.3 Å². The van der Waals surface area contributed by atoms with Crippen molar-refractivity contribution >= 4 is 0 Å². The molecule has 1 aromatic rings. The Morgan fingerprint density at radius 1 is 1.32 bits per heavy atom. The molecule has 1 aliphatic carbocycles. The van der Waals surface area contributed by atoms with Crippen molar-refractivity contribution in [2.75, 3.05) is 6.61 Å². The summed E-state index contributed by atoms with van der Waals surface area (Å²) in [5, 5.41) is 9.39. The summed E-state index contributed by atoms with van der Waals surface area (Å²) in [6, 6.07) is 1.31. The molecule has 0 aromatic carbocycles. The molecule has 0 spiro atoms. The van der Waals surface area contributed by atoms with Crippen LogP contribution >= 0.6 is 0 Å². The van der Waals surface area contributed by atoms with Crippen LogP contribution in [0.4, 0.5) is 0 Å². The Morgan fingerprint density at radius 3 is 2.74 bits per heavy atom. The third-order valence-electron chi connectivity index (χ3n) is 4.00. The fourth-order valence-electron chi connectivity index (χ4n) is 3.07. The molecule has 102 valence electrons. The van der Waals surface area contributed by atoms with Gasteiger partial charge in [0.05, 0.1) is 12.7 Å². The van der Waals surface area contributed by atoms with Gasteiger partial charge in [0.15, 0.2) is 0 Å². The molecular weight excluding hydrogens is 248 g/mol. The smallest absolute Gasteiger partial charge is 0.330 e. The van der Waals surface area contributed by atoms with Crippen molar-refractivity contribution < 1.29 is 9.84 Å². The molecule has 2 aliphatic rings. The van der Waals surface area contributed by atoms with Gasteiger partial charge in [0.25, 0.3) is 5.56 Å². The lowest BCUT2D eigenvalue weighted by atomic mass is 9.81.